The number of nitrogens with zero attached hydrogens (tertiary/aromatic N) is 2. The third kappa shape index (κ3) is 3.53. The summed E-state index contributed by atoms with van der Waals surface area (Å²) in [6, 6.07) is 18.3. The number of hydrogen-bond donors (Lipinski definition) is 1. The molecule has 4 nitrogen and oxygen atoms in total. The number of nitrogens with one attached hydrogen (secondary N) is 1. The van der Waals surface area contributed by atoms with Crippen LogP contribution in [0.15, 0.2) is 66.2 Å². The zero-order valence-corrected chi connectivity index (χ0v) is 15.3. The first-order valence-corrected chi connectivity index (χ1v) is 9.40. The van der Waals surface area contributed by atoms with Gasteiger partial charge in [-0.15, -0.1) is 11.3 Å². The van der Waals surface area contributed by atoms with Crippen LogP contribution in [0.1, 0.15) is 16.8 Å². The van der Waals surface area contributed by atoms with E-state index < -0.39 is 0 Å². The van der Waals surface area contributed by atoms with Crippen molar-refractivity contribution in [2.75, 3.05) is 0 Å². The van der Waals surface area contributed by atoms with Crippen LogP contribution in [-0.2, 0) is 17.8 Å². The molecule has 4 aromatic rings. The van der Waals surface area contributed by atoms with Gasteiger partial charge in [-0.1, -0.05) is 60.2 Å². The smallest absolute Gasteiger partial charge is 0.226 e. The molecule has 0 saturated carbocycles. The highest BCUT2D eigenvalue weighted by molar-refractivity contribution is 7.15. The lowest BCUT2D eigenvalue weighted by molar-refractivity contribution is -0.120. The zero-order valence-electron chi connectivity index (χ0n) is 14.5. The van der Waals surface area contributed by atoms with Crippen LogP contribution in [0.4, 0.5) is 0 Å². The molecule has 0 fully saturated rings. The van der Waals surface area contributed by atoms with Crippen molar-refractivity contribution in [3.05, 3.63) is 83.0 Å². The second-order valence-corrected chi connectivity index (χ2v) is 7.15. The molecule has 0 bridgehead atoms. The number of aromatic nitrogens is 2. The van der Waals surface area contributed by atoms with E-state index in [0.29, 0.717) is 13.0 Å². The van der Waals surface area contributed by atoms with Crippen molar-refractivity contribution in [2.45, 2.75) is 19.9 Å². The summed E-state index contributed by atoms with van der Waals surface area (Å²) in [5.74, 6) is 0.0150. The normalized spacial score (nSPS) is 11.0. The van der Waals surface area contributed by atoms with Gasteiger partial charge in [-0.05, 0) is 12.5 Å². The minimum absolute atomic E-state index is 0.0150. The Morgan fingerprint density at radius 2 is 2.00 bits per heavy atom. The molecule has 0 radical (unpaired) electrons. The predicted molar refractivity (Wildman–Crippen MR) is 105 cm³/mol. The third-order valence-electron chi connectivity index (χ3n) is 4.27. The molecule has 5 heteroatoms. The van der Waals surface area contributed by atoms with E-state index in [0.717, 1.165) is 27.5 Å². The van der Waals surface area contributed by atoms with Crippen LogP contribution in [0.2, 0.25) is 0 Å². The van der Waals surface area contributed by atoms with Gasteiger partial charge in [0.1, 0.15) is 0 Å². The number of rotatable bonds is 5. The first-order chi connectivity index (χ1) is 12.7. The van der Waals surface area contributed by atoms with Gasteiger partial charge in [-0.25, -0.2) is 4.98 Å². The van der Waals surface area contributed by atoms with E-state index in [-0.39, 0.29) is 5.91 Å². The molecule has 2 aromatic heterocycles. The Balaban J connectivity index is 1.47. The summed E-state index contributed by atoms with van der Waals surface area (Å²) < 4.78 is 2.01. The van der Waals surface area contributed by atoms with E-state index >= 15 is 0 Å². The van der Waals surface area contributed by atoms with Crippen LogP contribution in [0, 0.1) is 6.92 Å². The highest BCUT2D eigenvalue weighted by Crippen LogP contribution is 2.23. The predicted octanol–water partition coefficient (Wildman–Crippen LogP) is 4.23. The van der Waals surface area contributed by atoms with Gasteiger partial charge in [0.15, 0.2) is 4.96 Å². The van der Waals surface area contributed by atoms with Gasteiger partial charge < -0.3 is 5.32 Å². The lowest BCUT2D eigenvalue weighted by Crippen LogP contribution is -2.25. The van der Waals surface area contributed by atoms with Crippen LogP contribution in [0.25, 0.3) is 16.2 Å². The molecule has 0 saturated heterocycles. The van der Waals surface area contributed by atoms with E-state index in [2.05, 4.69) is 29.4 Å². The third-order valence-corrected chi connectivity index (χ3v) is 5.16. The summed E-state index contributed by atoms with van der Waals surface area (Å²) in [5, 5.41) is 5.00. The minimum atomic E-state index is 0.0150. The number of amides is 1. The first kappa shape index (κ1) is 16.5. The van der Waals surface area contributed by atoms with Crippen molar-refractivity contribution in [1.82, 2.24) is 14.7 Å². The number of benzene rings is 2. The summed E-state index contributed by atoms with van der Waals surface area (Å²) in [6.07, 6.45) is 2.35. The fourth-order valence-electron chi connectivity index (χ4n) is 2.95. The summed E-state index contributed by atoms with van der Waals surface area (Å²) in [4.78, 5) is 17.9. The Morgan fingerprint density at radius 3 is 2.81 bits per heavy atom. The number of aryl methyl sites for hydroxylation is 1. The molecule has 0 aliphatic heterocycles. The maximum Gasteiger partial charge on any atom is 0.226 e. The average Bonchev–Trinajstić information content (AvgIpc) is 3.23. The number of fused-ring (bicyclic) bond motifs is 1. The SMILES string of the molecule is Cc1cccc(CNC(=O)Cc2csc3nc(-c4ccccc4)cn23)c1. The number of carbonyl (C=O) groups is 1. The first-order valence-electron chi connectivity index (χ1n) is 8.52. The highest BCUT2D eigenvalue weighted by Gasteiger charge is 2.12. The van der Waals surface area contributed by atoms with Crippen LogP contribution in [0.5, 0.6) is 0 Å². The molecule has 4 rings (SSSR count). The van der Waals surface area contributed by atoms with Crippen molar-refractivity contribution < 1.29 is 4.79 Å². The number of imidazole rings is 1. The van der Waals surface area contributed by atoms with Gasteiger partial charge in [-0.2, -0.15) is 0 Å². The van der Waals surface area contributed by atoms with E-state index in [1.54, 1.807) is 11.3 Å². The molecule has 26 heavy (non-hydrogen) atoms. The quantitative estimate of drug-likeness (QED) is 0.578. The Bertz CT molecular complexity index is 1050. The summed E-state index contributed by atoms with van der Waals surface area (Å²) in [5.41, 5.74) is 5.28. The molecule has 1 amide bonds. The van der Waals surface area contributed by atoms with Gasteiger partial charge in [0.05, 0.1) is 12.1 Å². The van der Waals surface area contributed by atoms with Crippen molar-refractivity contribution in [3.63, 3.8) is 0 Å². The molecule has 0 atom stereocenters. The van der Waals surface area contributed by atoms with Crippen LogP contribution in [-0.4, -0.2) is 15.3 Å². The van der Waals surface area contributed by atoms with Crippen LogP contribution >= 0.6 is 11.3 Å². The Morgan fingerprint density at radius 1 is 1.15 bits per heavy atom. The van der Waals surface area contributed by atoms with E-state index in [4.69, 9.17) is 0 Å². The van der Waals surface area contributed by atoms with Crippen molar-refractivity contribution in [1.29, 1.82) is 0 Å². The Labute approximate surface area is 156 Å². The van der Waals surface area contributed by atoms with E-state index in [1.807, 2.05) is 58.4 Å². The highest BCUT2D eigenvalue weighted by atomic mass is 32.1. The second kappa shape index (κ2) is 7.14. The molecule has 130 valence electrons. The molecule has 1 N–H and O–H groups in total. The molecule has 2 aromatic carbocycles. The van der Waals surface area contributed by atoms with Crippen LogP contribution < -0.4 is 5.32 Å². The summed E-state index contributed by atoms with van der Waals surface area (Å²) in [6.45, 7) is 2.60. The van der Waals surface area contributed by atoms with Gasteiger partial charge in [-0.3, -0.25) is 9.20 Å². The number of thiazole rings is 1. The largest absolute Gasteiger partial charge is 0.352 e. The monoisotopic (exact) mass is 361 g/mol. The van der Waals surface area contributed by atoms with Gasteiger partial charge in [0.2, 0.25) is 5.91 Å². The van der Waals surface area contributed by atoms with Gasteiger partial charge >= 0.3 is 0 Å². The van der Waals surface area contributed by atoms with E-state index in [9.17, 15) is 4.79 Å². The van der Waals surface area contributed by atoms with E-state index in [1.165, 1.54) is 5.56 Å². The molecule has 2 heterocycles. The number of hydrogen-bond acceptors (Lipinski definition) is 3. The lowest BCUT2D eigenvalue weighted by Gasteiger charge is -2.06. The fourth-order valence-corrected chi connectivity index (χ4v) is 3.83. The lowest BCUT2D eigenvalue weighted by atomic mass is 10.1. The Hall–Kier alpha value is -2.92. The van der Waals surface area contributed by atoms with Crippen LogP contribution in [0.3, 0.4) is 0 Å². The second-order valence-electron chi connectivity index (χ2n) is 6.31. The van der Waals surface area contributed by atoms with Crippen molar-refractivity contribution in [3.8, 4) is 11.3 Å². The molecular weight excluding hydrogens is 342 g/mol. The van der Waals surface area contributed by atoms with Gasteiger partial charge in [0, 0.05) is 29.4 Å². The molecule has 0 unspecified atom stereocenters. The van der Waals surface area contributed by atoms with Crippen molar-refractivity contribution in [2.24, 2.45) is 0 Å². The maximum absolute atomic E-state index is 12.3. The molecule has 0 aliphatic rings. The molecular formula is C21H19N3OS. The van der Waals surface area contributed by atoms with Gasteiger partial charge in [0.25, 0.3) is 0 Å². The topological polar surface area (TPSA) is 46.4 Å². The zero-order chi connectivity index (χ0) is 17.9. The van der Waals surface area contributed by atoms with Crippen molar-refractivity contribution >= 4 is 22.2 Å². The number of carbonyl (C=O) groups excluding carboxylic acids is 1. The average molecular weight is 361 g/mol. The summed E-state index contributed by atoms with van der Waals surface area (Å²) >= 11 is 1.56. The molecule has 0 spiro atoms. The maximum atomic E-state index is 12.3. The molecule has 0 aliphatic carbocycles. The fraction of sp³-hybridized carbons (Fsp3) is 0.143. The summed E-state index contributed by atoms with van der Waals surface area (Å²) in [7, 11) is 0. The Kier molecular flexibility index (Phi) is 4.54. The standard InChI is InChI=1S/C21H19N3OS/c1-15-6-5-7-16(10-15)12-22-20(25)11-18-14-26-21-23-19(13-24(18)21)17-8-3-2-4-9-17/h2-10,13-14H,11-12H2,1H3,(H,22,25). The minimum Gasteiger partial charge on any atom is -0.352 e.